The first-order valence-electron chi connectivity index (χ1n) is 5.89. The lowest BCUT2D eigenvalue weighted by Gasteiger charge is -2.03. The summed E-state index contributed by atoms with van der Waals surface area (Å²) in [6.45, 7) is 0.900. The predicted molar refractivity (Wildman–Crippen MR) is 77.1 cm³/mol. The van der Waals surface area contributed by atoms with Gasteiger partial charge in [0, 0.05) is 0 Å². The zero-order valence-corrected chi connectivity index (χ0v) is 13.4. The van der Waals surface area contributed by atoms with Crippen LogP contribution in [0.3, 0.4) is 0 Å². The van der Waals surface area contributed by atoms with Gasteiger partial charge in [-0.3, -0.25) is 0 Å². The molecule has 2 aromatic rings. The number of hydrogen-bond donors (Lipinski definition) is 2. The van der Waals surface area contributed by atoms with Crippen LogP contribution in [-0.2, 0) is 10.0 Å². The van der Waals surface area contributed by atoms with Crippen LogP contribution in [0.25, 0.3) is 0 Å². The second-order valence-corrected chi connectivity index (χ2v) is 8.63. The maximum atomic E-state index is 12.1. The maximum Gasteiger partial charge on any atom is 0.329 e. The van der Waals surface area contributed by atoms with E-state index in [9.17, 15) is 8.42 Å². The van der Waals surface area contributed by atoms with Crippen molar-refractivity contribution < 1.29 is 12.8 Å². The molecule has 3 heterocycles. The highest BCUT2D eigenvalue weighted by molar-refractivity contribution is 9.11. The highest BCUT2D eigenvalue weighted by atomic mass is 79.9. The first kappa shape index (κ1) is 14.0. The van der Waals surface area contributed by atoms with Crippen LogP contribution in [0.5, 0.6) is 0 Å². The molecule has 2 aromatic heterocycles. The number of nitrogens with zero attached hydrogens (tertiary/aromatic N) is 2. The van der Waals surface area contributed by atoms with Gasteiger partial charge in [0.15, 0.2) is 0 Å². The van der Waals surface area contributed by atoms with Crippen LogP contribution in [0.1, 0.15) is 24.8 Å². The predicted octanol–water partition coefficient (Wildman–Crippen LogP) is 2.12. The number of hydrogen-bond acceptors (Lipinski definition) is 7. The molecule has 1 unspecified atom stereocenters. The number of halogens is 1. The van der Waals surface area contributed by atoms with E-state index in [1.54, 1.807) is 6.07 Å². The number of aromatic nitrogens is 2. The Morgan fingerprint density at radius 3 is 2.95 bits per heavy atom. The third kappa shape index (κ3) is 2.87. The highest BCUT2D eigenvalue weighted by Crippen LogP contribution is 2.28. The summed E-state index contributed by atoms with van der Waals surface area (Å²) < 4.78 is 32.7. The molecule has 1 atom stereocenters. The van der Waals surface area contributed by atoms with Gasteiger partial charge >= 0.3 is 6.01 Å². The summed E-state index contributed by atoms with van der Waals surface area (Å²) in [5.74, 6) is 0.410. The smallest absolute Gasteiger partial charge is 0.329 e. The number of nitrogens with one attached hydrogen (secondary N) is 2. The van der Waals surface area contributed by atoms with E-state index in [0.29, 0.717) is 5.89 Å². The minimum atomic E-state index is -3.68. The quantitative estimate of drug-likeness (QED) is 0.845. The minimum Gasteiger partial charge on any atom is -0.406 e. The molecule has 2 N–H and O–H groups in total. The molecule has 1 saturated heterocycles. The fourth-order valence-corrected chi connectivity index (χ4v) is 4.85. The molecule has 0 bridgehead atoms. The van der Waals surface area contributed by atoms with Gasteiger partial charge in [-0.15, -0.1) is 16.4 Å². The maximum absolute atomic E-state index is 12.1. The van der Waals surface area contributed by atoms with Crippen LogP contribution in [0.2, 0.25) is 0 Å². The third-order valence-corrected chi connectivity index (χ3v) is 6.27. The molecule has 20 heavy (non-hydrogen) atoms. The zero-order valence-electron chi connectivity index (χ0n) is 10.2. The average Bonchev–Trinajstić information content (AvgIpc) is 3.06. The Hall–Kier alpha value is -0.970. The highest BCUT2D eigenvalue weighted by Gasteiger charge is 2.24. The Balaban J connectivity index is 1.77. The van der Waals surface area contributed by atoms with Crippen molar-refractivity contribution in [1.29, 1.82) is 0 Å². The third-order valence-electron chi connectivity index (χ3n) is 2.83. The van der Waals surface area contributed by atoms with Crippen LogP contribution >= 0.6 is 27.3 Å². The number of rotatable bonds is 4. The van der Waals surface area contributed by atoms with Crippen molar-refractivity contribution in [2.24, 2.45) is 0 Å². The Bertz CT molecular complexity index is 706. The fourth-order valence-electron chi connectivity index (χ4n) is 1.92. The van der Waals surface area contributed by atoms with Gasteiger partial charge in [-0.05, 0) is 47.4 Å². The van der Waals surface area contributed by atoms with Gasteiger partial charge in [-0.1, -0.05) is 5.10 Å². The molecule has 0 aromatic carbocycles. The van der Waals surface area contributed by atoms with Crippen molar-refractivity contribution in [3.63, 3.8) is 0 Å². The summed E-state index contributed by atoms with van der Waals surface area (Å²) in [5.41, 5.74) is 0. The van der Waals surface area contributed by atoms with Crippen molar-refractivity contribution in [2.75, 3.05) is 11.3 Å². The summed E-state index contributed by atoms with van der Waals surface area (Å²) in [4.78, 5) is 0. The molecule has 0 aliphatic carbocycles. The molecule has 1 aliphatic rings. The molecule has 0 saturated carbocycles. The Labute approximate surface area is 128 Å². The van der Waals surface area contributed by atoms with E-state index in [-0.39, 0.29) is 16.3 Å². The Morgan fingerprint density at radius 1 is 1.45 bits per heavy atom. The van der Waals surface area contributed by atoms with E-state index in [0.717, 1.165) is 34.5 Å². The molecule has 3 rings (SSSR count). The van der Waals surface area contributed by atoms with Crippen molar-refractivity contribution >= 4 is 43.3 Å². The second kappa shape index (κ2) is 5.43. The van der Waals surface area contributed by atoms with Crippen LogP contribution in [-0.4, -0.2) is 25.2 Å². The van der Waals surface area contributed by atoms with Gasteiger partial charge in [-0.2, -0.15) is 0 Å². The van der Waals surface area contributed by atoms with E-state index < -0.39 is 10.0 Å². The Morgan fingerprint density at radius 2 is 2.30 bits per heavy atom. The molecular weight excluding hydrogens is 368 g/mol. The number of anilines is 1. The van der Waals surface area contributed by atoms with Crippen molar-refractivity contribution in [1.82, 2.24) is 15.5 Å². The second-order valence-electron chi connectivity index (χ2n) is 4.26. The molecule has 0 amide bonds. The van der Waals surface area contributed by atoms with Gasteiger partial charge in [0.25, 0.3) is 10.0 Å². The largest absolute Gasteiger partial charge is 0.406 e. The first-order valence-corrected chi connectivity index (χ1v) is 8.99. The van der Waals surface area contributed by atoms with Crippen molar-refractivity contribution in [3.05, 3.63) is 21.8 Å². The minimum absolute atomic E-state index is 0.0108. The molecule has 1 fully saturated rings. The van der Waals surface area contributed by atoms with Gasteiger partial charge in [0.2, 0.25) is 5.89 Å². The normalized spacial score (nSPS) is 19.4. The monoisotopic (exact) mass is 378 g/mol. The summed E-state index contributed by atoms with van der Waals surface area (Å²) in [7, 11) is -3.68. The topological polar surface area (TPSA) is 97.1 Å². The molecular formula is C10H11BrN4O3S2. The van der Waals surface area contributed by atoms with Crippen LogP contribution in [0.15, 0.2) is 24.5 Å². The number of thiophene rings is 1. The van der Waals surface area contributed by atoms with E-state index >= 15 is 0 Å². The summed E-state index contributed by atoms with van der Waals surface area (Å²) in [5, 5.41) is 10.8. The molecule has 1 aliphatic heterocycles. The summed E-state index contributed by atoms with van der Waals surface area (Å²) >= 11 is 4.34. The standard InChI is InChI=1S/C10H11BrN4O3S2/c11-7-3-4-8(19-7)20(16,17)15-10-14-13-9(18-10)6-2-1-5-12-6/h3-4,6,12H,1-2,5H2,(H,14,15). The fraction of sp³-hybridized carbons (Fsp3) is 0.400. The van der Waals surface area contributed by atoms with Gasteiger partial charge < -0.3 is 9.73 Å². The van der Waals surface area contributed by atoms with Crippen molar-refractivity contribution in [3.8, 4) is 0 Å². The summed E-state index contributed by atoms with van der Waals surface area (Å²) in [6, 6.07) is 3.07. The molecule has 0 spiro atoms. The Kier molecular flexibility index (Phi) is 3.80. The lowest BCUT2D eigenvalue weighted by molar-refractivity contribution is 0.439. The van der Waals surface area contributed by atoms with E-state index in [1.807, 2.05) is 0 Å². The van der Waals surface area contributed by atoms with Gasteiger partial charge in [0.05, 0.1) is 9.83 Å². The average molecular weight is 379 g/mol. The molecule has 0 radical (unpaired) electrons. The summed E-state index contributed by atoms with van der Waals surface area (Å²) in [6.07, 6.45) is 1.95. The molecule has 108 valence electrons. The van der Waals surface area contributed by atoms with Gasteiger partial charge in [0.1, 0.15) is 4.21 Å². The molecule has 10 heteroatoms. The van der Waals surface area contributed by atoms with E-state index in [1.165, 1.54) is 6.07 Å². The zero-order chi connectivity index (χ0) is 14.2. The van der Waals surface area contributed by atoms with Crippen molar-refractivity contribution in [2.45, 2.75) is 23.1 Å². The number of sulfonamides is 1. The van der Waals surface area contributed by atoms with Crippen LogP contribution in [0.4, 0.5) is 6.01 Å². The molecule has 7 nitrogen and oxygen atoms in total. The first-order chi connectivity index (χ1) is 9.54. The van der Waals surface area contributed by atoms with Crippen LogP contribution < -0.4 is 10.0 Å². The van der Waals surface area contributed by atoms with E-state index in [2.05, 4.69) is 36.2 Å². The van der Waals surface area contributed by atoms with E-state index in [4.69, 9.17) is 4.42 Å². The van der Waals surface area contributed by atoms with Gasteiger partial charge in [-0.25, -0.2) is 13.1 Å². The lowest BCUT2D eigenvalue weighted by atomic mass is 10.2. The lowest BCUT2D eigenvalue weighted by Crippen LogP contribution is -2.13. The van der Waals surface area contributed by atoms with Crippen LogP contribution in [0, 0.1) is 0 Å². The SMILES string of the molecule is O=S(=O)(Nc1nnc(C2CCCN2)o1)c1ccc(Br)s1.